The Kier molecular flexibility index (Phi) is 8.24. The number of para-hydroxylation sites is 1. The maximum absolute atomic E-state index is 12.3. The minimum Gasteiger partial charge on any atom is -0.496 e. The Labute approximate surface area is 138 Å². The first-order valence-electron chi connectivity index (χ1n) is 7.40. The van der Waals surface area contributed by atoms with E-state index in [4.69, 9.17) is 9.47 Å². The average Bonchev–Trinajstić information content (AvgIpc) is 3.00. The Morgan fingerprint density at radius 1 is 1.45 bits per heavy atom. The molecule has 0 saturated carbocycles. The molecule has 1 unspecified atom stereocenters. The van der Waals surface area contributed by atoms with Gasteiger partial charge in [0.25, 0.3) is 0 Å². The molecular weight excluding hydrogens is 304 g/mol. The van der Waals surface area contributed by atoms with Crippen LogP contribution in [-0.2, 0) is 16.1 Å². The van der Waals surface area contributed by atoms with Gasteiger partial charge in [-0.15, -0.1) is 12.4 Å². The third-order valence-corrected chi connectivity index (χ3v) is 3.68. The lowest BCUT2D eigenvalue weighted by atomic mass is 10.1. The minimum atomic E-state index is 0. The molecule has 0 bridgehead atoms. The summed E-state index contributed by atoms with van der Waals surface area (Å²) in [6, 6.07) is 7.81. The van der Waals surface area contributed by atoms with E-state index in [0.29, 0.717) is 19.6 Å². The van der Waals surface area contributed by atoms with Gasteiger partial charge in [0.05, 0.1) is 19.8 Å². The number of amides is 1. The van der Waals surface area contributed by atoms with Crippen molar-refractivity contribution in [1.82, 2.24) is 10.2 Å². The monoisotopic (exact) mass is 328 g/mol. The zero-order chi connectivity index (χ0) is 15.1. The second-order valence-electron chi connectivity index (χ2n) is 5.25. The second kappa shape index (κ2) is 9.66. The first-order chi connectivity index (χ1) is 10.2. The van der Waals surface area contributed by atoms with Gasteiger partial charge in [-0.05, 0) is 26.0 Å². The van der Waals surface area contributed by atoms with Crippen molar-refractivity contribution in [3.8, 4) is 5.75 Å². The summed E-state index contributed by atoms with van der Waals surface area (Å²) in [6.07, 6.45) is 2.25. The SMILES string of the molecule is CNCC(=O)N(Cc1ccccc1OC)CC1CCCO1.Cl. The number of carbonyl (C=O) groups excluding carboxylic acids is 1. The lowest BCUT2D eigenvalue weighted by Gasteiger charge is -2.26. The van der Waals surface area contributed by atoms with Crippen molar-refractivity contribution in [2.75, 3.05) is 33.9 Å². The molecule has 1 fully saturated rings. The van der Waals surface area contributed by atoms with Crippen molar-refractivity contribution >= 4 is 18.3 Å². The molecule has 0 spiro atoms. The molecule has 6 heteroatoms. The molecule has 1 saturated heterocycles. The molecule has 1 N–H and O–H groups in total. The molecule has 0 aliphatic carbocycles. The van der Waals surface area contributed by atoms with Gasteiger partial charge in [-0.1, -0.05) is 18.2 Å². The molecule has 1 atom stereocenters. The zero-order valence-electron chi connectivity index (χ0n) is 13.2. The number of nitrogens with one attached hydrogen (secondary N) is 1. The van der Waals surface area contributed by atoms with Gasteiger partial charge in [0.15, 0.2) is 0 Å². The maximum Gasteiger partial charge on any atom is 0.236 e. The molecule has 1 aromatic carbocycles. The Morgan fingerprint density at radius 2 is 2.23 bits per heavy atom. The Balaban J connectivity index is 0.00000242. The third kappa shape index (κ3) is 5.16. The minimum absolute atomic E-state index is 0. The molecule has 2 rings (SSSR count). The first-order valence-corrected chi connectivity index (χ1v) is 7.40. The Hall–Kier alpha value is -1.30. The fraction of sp³-hybridized carbons (Fsp3) is 0.562. The third-order valence-electron chi connectivity index (χ3n) is 3.68. The number of hydrogen-bond acceptors (Lipinski definition) is 4. The van der Waals surface area contributed by atoms with Crippen LogP contribution in [0.2, 0.25) is 0 Å². The van der Waals surface area contributed by atoms with Crippen LogP contribution in [0.3, 0.4) is 0 Å². The van der Waals surface area contributed by atoms with Gasteiger partial charge in [0.1, 0.15) is 5.75 Å². The number of hydrogen-bond donors (Lipinski definition) is 1. The predicted octanol–water partition coefficient (Wildman–Crippen LogP) is 1.84. The molecule has 1 heterocycles. The summed E-state index contributed by atoms with van der Waals surface area (Å²) in [5, 5.41) is 2.92. The number of ether oxygens (including phenoxy) is 2. The Bertz CT molecular complexity index is 464. The largest absolute Gasteiger partial charge is 0.496 e. The number of benzene rings is 1. The van der Waals surface area contributed by atoms with E-state index in [2.05, 4.69) is 5.32 Å². The van der Waals surface area contributed by atoms with E-state index in [1.54, 1.807) is 14.2 Å². The van der Waals surface area contributed by atoms with Crippen LogP contribution in [0.25, 0.3) is 0 Å². The van der Waals surface area contributed by atoms with Crippen LogP contribution < -0.4 is 10.1 Å². The molecule has 0 radical (unpaired) electrons. The summed E-state index contributed by atoms with van der Waals surface area (Å²) in [5.74, 6) is 0.894. The summed E-state index contributed by atoms with van der Waals surface area (Å²) in [5.41, 5.74) is 1.02. The van der Waals surface area contributed by atoms with Crippen molar-refractivity contribution in [3.05, 3.63) is 29.8 Å². The summed E-state index contributed by atoms with van der Waals surface area (Å²) in [4.78, 5) is 14.2. The highest BCUT2D eigenvalue weighted by molar-refractivity contribution is 5.85. The molecular formula is C16H25ClN2O3. The fourth-order valence-corrected chi connectivity index (χ4v) is 2.59. The highest BCUT2D eigenvalue weighted by Crippen LogP contribution is 2.21. The van der Waals surface area contributed by atoms with E-state index < -0.39 is 0 Å². The number of nitrogens with zero attached hydrogens (tertiary/aromatic N) is 1. The zero-order valence-corrected chi connectivity index (χ0v) is 14.0. The number of likely N-dealkylation sites (N-methyl/N-ethyl adjacent to an activating group) is 1. The average molecular weight is 329 g/mol. The molecule has 1 aromatic rings. The number of rotatable bonds is 7. The highest BCUT2D eigenvalue weighted by Gasteiger charge is 2.23. The van der Waals surface area contributed by atoms with Crippen LogP contribution in [0.5, 0.6) is 5.75 Å². The van der Waals surface area contributed by atoms with Crippen LogP contribution in [0.4, 0.5) is 0 Å². The van der Waals surface area contributed by atoms with Crippen molar-refractivity contribution in [1.29, 1.82) is 0 Å². The second-order valence-corrected chi connectivity index (χ2v) is 5.25. The van der Waals surface area contributed by atoms with Crippen molar-refractivity contribution < 1.29 is 14.3 Å². The van der Waals surface area contributed by atoms with Gasteiger partial charge < -0.3 is 19.7 Å². The number of carbonyl (C=O) groups is 1. The highest BCUT2D eigenvalue weighted by atomic mass is 35.5. The quantitative estimate of drug-likeness (QED) is 0.830. The van der Waals surface area contributed by atoms with E-state index in [9.17, 15) is 4.79 Å². The van der Waals surface area contributed by atoms with E-state index in [1.807, 2.05) is 29.2 Å². The van der Waals surface area contributed by atoms with Gasteiger partial charge in [-0.25, -0.2) is 0 Å². The van der Waals surface area contributed by atoms with E-state index in [-0.39, 0.29) is 24.4 Å². The molecule has 22 heavy (non-hydrogen) atoms. The normalized spacial score (nSPS) is 16.9. The first kappa shape index (κ1) is 18.7. The van der Waals surface area contributed by atoms with Gasteiger partial charge in [-0.2, -0.15) is 0 Å². The van der Waals surface area contributed by atoms with Crippen molar-refractivity contribution in [2.24, 2.45) is 0 Å². The van der Waals surface area contributed by atoms with Gasteiger partial charge in [-0.3, -0.25) is 4.79 Å². The molecule has 1 aliphatic heterocycles. The molecule has 5 nitrogen and oxygen atoms in total. The summed E-state index contributed by atoms with van der Waals surface area (Å²) in [7, 11) is 3.43. The van der Waals surface area contributed by atoms with Crippen LogP contribution in [0, 0.1) is 0 Å². The maximum atomic E-state index is 12.3. The topological polar surface area (TPSA) is 50.8 Å². The van der Waals surface area contributed by atoms with Crippen LogP contribution in [-0.4, -0.2) is 50.8 Å². The van der Waals surface area contributed by atoms with Gasteiger partial charge in [0.2, 0.25) is 5.91 Å². The summed E-state index contributed by atoms with van der Waals surface area (Å²) in [6.45, 7) is 2.32. The van der Waals surface area contributed by atoms with Crippen LogP contribution >= 0.6 is 12.4 Å². The Morgan fingerprint density at radius 3 is 2.86 bits per heavy atom. The molecule has 1 aliphatic rings. The molecule has 1 amide bonds. The fourth-order valence-electron chi connectivity index (χ4n) is 2.59. The summed E-state index contributed by atoms with van der Waals surface area (Å²) >= 11 is 0. The smallest absolute Gasteiger partial charge is 0.236 e. The van der Waals surface area contributed by atoms with Crippen LogP contribution in [0.1, 0.15) is 18.4 Å². The lowest BCUT2D eigenvalue weighted by Crippen LogP contribution is -2.41. The molecule has 124 valence electrons. The van der Waals surface area contributed by atoms with Gasteiger partial charge >= 0.3 is 0 Å². The van der Waals surface area contributed by atoms with E-state index >= 15 is 0 Å². The van der Waals surface area contributed by atoms with Crippen LogP contribution in [0.15, 0.2) is 24.3 Å². The lowest BCUT2D eigenvalue weighted by molar-refractivity contribution is -0.132. The van der Waals surface area contributed by atoms with E-state index in [1.165, 1.54) is 0 Å². The summed E-state index contributed by atoms with van der Waals surface area (Å²) < 4.78 is 11.0. The molecule has 0 aromatic heterocycles. The van der Waals surface area contributed by atoms with Crippen molar-refractivity contribution in [3.63, 3.8) is 0 Å². The number of halogens is 1. The predicted molar refractivity (Wildman–Crippen MR) is 88.6 cm³/mol. The van der Waals surface area contributed by atoms with Crippen molar-refractivity contribution in [2.45, 2.75) is 25.5 Å². The number of methoxy groups -OCH3 is 1. The standard InChI is InChI=1S/C16H24N2O3.ClH/c1-17-10-16(19)18(12-14-7-5-9-21-14)11-13-6-3-4-8-15(13)20-2;/h3-4,6,8,14,17H,5,7,9-12H2,1-2H3;1H. The van der Waals surface area contributed by atoms with E-state index in [0.717, 1.165) is 30.8 Å². The van der Waals surface area contributed by atoms with Gasteiger partial charge in [0, 0.05) is 25.3 Å².